The number of aromatic nitrogens is 1. The second-order valence-corrected chi connectivity index (χ2v) is 3.70. The van der Waals surface area contributed by atoms with Crippen LogP contribution in [0.4, 0.5) is 13.2 Å². The number of carbonyl (C=O) groups is 1. The lowest BCUT2D eigenvalue weighted by Crippen LogP contribution is -2.05. The largest absolute Gasteiger partial charge is 0.462 e. The van der Waals surface area contributed by atoms with Crippen LogP contribution in [0.2, 0.25) is 0 Å². The van der Waals surface area contributed by atoms with Crippen molar-refractivity contribution in [1.29, 1.82) is 0 Å². The number of ether oxygens (including phenoxy) is 1. The molecule has 2 aromatic rings. The van der Waals surface area contributed by atoms with Gasteiger partial charge in [0.25, 0.3) is 0 Å². The number of benzene rings is 1. The van der Waals surface area contributed by atoms with Crippen LogP contribution < -0.4 is 0 Å². The molecule has 0 spiro atoms. The Bertz CT molecular complexity index is 587. The van der Waals surface area contributed by atoms with Gasteiger partial charge in [0.05, 0.1) is 12.2 Å². The highest BCUT2D eigenvalue weighted by molar-refractivity contribution is 5.94. The molecule has 1 aromatic carbocycles. The van der Waals surface area contributed by atoms with Crippen LogP contribution in [0.25, 0.3) is 10.9 Å². The zero-order chi connectivity index (χ0) is 13.3. The molecule has 0 saturated heterocycles. The molecule has 0 saturated carbocycles. The lowest BCUT2D eigenvalue weighted by molar-refractivity contribution is -0.140. The molecule has 0 fully saturated rings. The summed E-state index contributed by atoms with van der Waals surface area (Å²) < 4.78 is 42.2. The van der Waals surface area contributed by atoms with Gasteiger partial charge >= 0.3 is 12.1 Å². The Morgan fingerprint density at radius 1 is 1.33 bits per heavy atom. The number of halogens is 3. The molecule has 6 heteroatoms. The Balaban J connectivity index is 2.43. The molecule has 2 rings (SSSR count). The van der Waals surface area contributed by atoms with Crippen molar-refractivity contribution < 1.29 is 22.7 Å². The van der Waals surface area contributed by atoms with Crippen molar-refractivity contribution >= 4 is 16.9 Å². The van der Waals surface area contributed by atoms with Gasteiger partial charge < -0.3 is 9.72 Å². The van der Waals surface area contributed by atoms with Crippen molar-refractivity contribution in [3.8, 4) is 0 Å². The summed E-state index contributed by atoms with van der Waals surface area (Å²) in [7, 11) is 0. The Morgan fingerprint density at radius 3 is 2.67 bits per heavy atom. The minimum absolute atomic E-state index is 0.218. The van der Waals surface area contributed by atoms with E-state index in [4.69, 9.17) is 4.74 Å². The third kappa shape index (κ3) is 2.32. The fourth-order valence-corrected chi connectivity index (χ4v) is 1.62. The minimum atomic E-state index is -4.43. The first kappa shape index (κ1) is 12.5. The van der Waals surface area contributed by atoms with Gasteiger partial charge in [0, 0.05) is 10.9 Å². The zero-order valence-electron chi connectivity index (χ0n) is 9.47. The molecule has 0 aliphatic carbocycles. The van der Waals surface area contributed by atoms with Crippen molar-refractivity contribution in [3.63, 3.8) is 0 Å². The maximum Gasteiger partial charge on any atom is 0.431 e. The first-order valence-electron chi connectivity index (χ1n) is 5.29. The standard InChI is InChI=1S/C12H10F3NO2/c1-2-18-11(17)8-4-3-7-6-10(12(13,14)15)16-9(7)5-8/h3-6,16H,2H2,1H3. The van der Waals surface area contributed by atoms with Gasteiger partial charge in [-0.05, 0) is 25.1 Å². The van der Waals surface area contributed by atoms with Gasteiger partial charge in [0.2, 0.25) is 0 Å². The molecule has 0 bridgehead atoms. The molecule has 0 aliphatic rings. The fourth-order valence-electron chi connectivity index (χ4n) is 1.62. The number of carbonyl (C=O) groups excluding carboxylic acids is 1. The van der Waals surface area contributed by atoms with E-state index in [1.807, 2.05) is 0 Å². The Morgan fingerprint density at radius 2 is 2.06 bits per heavy atom. The lowest BCUT2D eigenvalue weighted by atomic mass is 10.1. The van der Waals surface area contributed by atoms with Crippen LogP contribution in [-0.2, 0) is 10.9 Å². The van der Waals surface area contributed by atoms with Crippen LogP contribution >= 0.6 is 0 Å². The molecule has 1 heterocycles. The highest BCUT2D eigenvalue weighted by Gasteiger charge is 2.32. The average Bonchev–Trinajstić information content (AvgIpc) is 2.71. The normalized spacial score (nSPS) is 11.8. The maximum atomic E-state index is 12.5. The summed E-state index contributed by atoms with van der Waals surface area (Å²) in [5.74, 6) is -0.553. The van der Waals surface area contributed by atoms with Gasteiger partial charge in [0.1, 0.15) is 5.69 Å². The van der Waals surface area contributed by atoms with Crippen molar-refractivity contribution in [1.82, 2.24) is 4.98 Å². The summed E-state index contributed by atoms with van der Waals surface area (Å²) in [6.45, 7) is 1.88. The zero-order valence-corrected chi connectivity index (χ0v) is 9.47. The van der Waals surface area contributed by atoms with Gasteiger partial charge in [-0.3, -0.25) is 0 Å². The molecule has 96 valence electrons. The molecule has 0 radical (unpaired) electrons. The average molecular weight is 257 g/mol. The van der Waals surface area contributed by atoms with Crippen LogP contribution in [0, 0.1) is 0 Å². The van der Waals surface area contributed by atoms with Crippen LogP contribution in [0.15, 0.2) is 24.3 Å². The summed E-state index contributed by atoms with van der Waals surface area (Å²) in [6.07, 6.45) is -4.43. The van der Waals surface area contributed by atoms with E-state index in [1.165, 1.54) is 18.2 Å². The predicted molar refractivity (Wildman–Crippen MR) is 59.3 cm³/mol. The summed E-state index contributed by atoms with van der Waals surface area (Å²) in [6, 6.07) is 5.24. The molecule has 0 amide bonds. The molecular weight excluding hydrogens is 247 g/mol. The molecule has 18 heavy (non-hydrogen) atoms. The SMILES string of the molecule is CCOC(=O)c1ccc2cc(C(F)(F)F)[nH]c2c1. The van der Waals surface area contributed by atoms with Crippen LogP contribution in [0.5, 0.6) is 0 Å². The molecule has 1 N–H and O–H groups in total. The minimum Gasteiger partial charge on any atom is -0.462 e. The van der Waals surface area contributed by atoms with E-state index in [0.29, 0.717) is 5.39 Å². The summed E-state index contributed by atoms with van der Waals surface area (Å²) in [4.78, 5) is 13.7. The number of hydrogen-bond donors (Lipinski definition) is 1. The van der Waals surface area contributed by atoms with E-state index in [2.05, 4.69) is 4.98 Å². The maximum absolute atomic E-state index is 12.5. The Hall–Kier alpha value is -1.98. The molecule has 0 unspecified atom stereocenters. The van der Waals surface area contributed by atoms with Gasteiger partial charge in [-0.25, -0.2) is 4.79 Å². The van der Waals surface area contributed by atoms with Gasteiger partial charge in [-0.15, -0.1) is 0 Å². The Labute approximate surface area is 101 Å². The number of aromatic amines is 1. The van der Waals surface area contributed by atoms with Crippen molar-refractivity contribution in [2.75, 3.05) is 6.61 Å². The highest BCUT2D eigenvalue weighted by atomic mass is 19.4. The van der Waals surface area contributed by atoms with E-state index in [1.54, 1.807) is 6.92 Å². The Kier molecular flexibility index (Phi) is 3.02. The van der Waals surface area contributed by atoms with Crippen LogP contribution in [0.3, 0.4) is 0 Å². The monoisotopic (exact) mass is 257 g/mol. The van der Waals surface area contributed by atoms with Crippen molar-refractivity contribution in [2.45, 2.75) is 13.1 Å². The molecule has 0 atom stereocenters. The number of hydrogen-bond acceptors (Lipinski definition) is 2. The van der Waals surface area contributed by atoms with Crippen LogP contribution in [-0.4, -0.2) is 17.6 Å². The number of esters is 1. The molecule has 0 aliphatic heterocycles. The number of fused-ring (bicyclic) bond motifs is 1. The van der Waals surface area contributed by atoms with E-state index in [-0.39, 0.29) is 17.7 Å². The quantitative estimate of drug-likeness (QED) is 0.838. The lowest BCUT2D eigenvalue weighted by Gasteiger charge is -2.01. The molecular formula is C12H10F3NO2. The topological polar surface area (TPSA) is 42.1 Å². The summed E-state index contributed by atoms with van der Waals surface area (Å²) >= 11 is 0. The van der Waals surface area contributed by atoms with Gasteiger partial charge in [-0.2, -0.15) is 13.2 Å². The third-order valence-corrected chi connectivity index (χ3v) is 2.44. The highest BCUT2D eigenvalue weighted by Crippen LogP contribution is 2.31. The van der Waals surface area contributed by atoms with Gasteiger partial charge in [-0.1, -0.05) is 6.07 Å². The second-order valence-electron chi connectivity index (χ2n) is 3.70. The molecule has 3 nitrogen and oxygen atoms in total. The van der Waals surface area contributed by atoms with E-state index < -0.39 is 17.8 Å². The number of nitrogens with one attached hydrogen (secondary N) is 1. The number of alkyl halides is 3. The summed E-state index contributed by atoms with van der Waals surface area (Å²) in [5.41, 5.74) is -0.355. The molecule has 1 aromatic heterocycles. The number of rotatable bonds is 2. The van der Waals surface area contributed by atoms with Crippen molar-refractivity contribution in [2.24, 2.45) is 0 Å². The smallest absolute Gasteiger partial charge is 0.431 e. The predicted octanol–water partition coefficient (Wildman–Crippen LogP) is 3.36. The first-order valence-corrected chi connectivity index (χ1v) is 5.29. The second kappa shape index (κ2) is 4.36. The van der Waals surface area contributed by atoms with E-state index in [9.17, 15) is 18.0 Å². The first-order chi connectivity index (χ1) is 8.41. The summed E-state index contributed by atoms with van der Waals surface area (Å²) in [5, 5.41) is 0.398. The van der Waals surface area contributed by atoms with Crippen molar-refractivity contribution in [3.05, 3.63) is 35.5 Å². The fraction of sp³-hybridized carbons (Fsp3) is 0.250. The third-order valence-electron chi connectivity index (χ3n) is 2.44. The number of H-pyrrole nitrogens is 1. The van der Waals surface area contributed by atoms with Crippen LogP contribution in [0.1, 0.15) is 23.0 Å². The van der Waals surface area contributed by atoms with E-state index in [0.717, 1.165) is 6.07 Å². The van der Waals surface area contributed by atoms with Gasteiger partial charge in [0.15, 0.2) is 0 Å². The van der Waals surface area contributed by atoms with E-state index >= 15 is 0 Å².